The van der Waals surface area contributed by atoms with Crippen LogP contribution in [0.4, 0.5) is 0 Å². The molecule has 0 bridgehead atoms. The van der Waals surface area contributed by atoms with E-state index in [1.807, 2.05) is 31.4 Å². The minimum Gasteiger partial charge on any atom is -0.234 e. The molecular formula is C12H9ClN2S. The van der Waals surface area contributed by atoms with Gasteiger partial charge in [-0.15, -0.1) is 11.3 Å². The van der Waals surface area contributed by atoms with E-state index in [9.17, 15) is 0 Å². The molecule has 0 radical (unpaired) electrons. The summed E-state index contributed by atoms with van der Waals surface area (Å²) < 4.78 is 0. The molecule has 2 heterocycles. The quantitative estimate of drug-likeness (QED) is 0.717. The number of nitriles is 1. The molecule has 0 saturated carbocycles. The number of thiophene rings is 1. The van der Waals surface area contributed by atoms with Gasteiger partial charge < -0.3 is 0 Å². The summed E-state index contributed by atoms with van der Waals surface area (Å²) in [4.78, 5) is 5.38. The molecule has 0 atom stereocenters. The highest BCUT2D eigenvalue weighted by Gasteiger charge is 2.14. The van der Waals surface area contributed by atoms with Crippen LogP contribution < -0.4 is 0 Å². The van der Waals surface area contributed by atoms with Crippen LogP contribution in [0, 0.1) is 25.2 Å². The standard InChI is InChI=1S/C12H9ClN2S/c1-7-8(2)11(10-4-3-5-16-10)15-12(13)9(7)6-14/h3-5H,1-2H3. The fraction of sp³-hybridized carbons (Fsp3) is 0.167. The van der Waals surface area contributed by atoms with Gasteiger partial charge in [-0.2, -0.15) is 5.26 Å². The van der Waals surface area contributed by atoms with Crippen LogP contribution in [0.25, 0.3) is 10.6 Å². The van der Waals surface area contributed by atoms with Crippen molar-refractivity contribution in [3.8, 4) is 16.6 Å². The van der Waals surface area contributed by atoms with Crippen LogP contribution >= 0.6 is 22.9 Å². The molecule has 2 aromatic heterocycles. The van der Waals surface area contributed by atoms with Crippen molar-refractivity contribution >= 4 is 22.9 Å². The second-order valence-electron chi connectivity index (χ2n) is 3.47. The molecular weight excluding hydrogens is 240 g/mol. The van der Waals surface area contributed by atoms with E-state index in [0.29, 0.717) is 5.56 Å². The Hall–Kier alpha value is -1.37. The van der Waals surface area contributed by atoms with Gasteiger partial charge in [-0.1, -0.05) is 17.7 Å². The molecule has 0 aliphatic heterocycles. The van der Waals surface area contributed by atoms with Gasteiger partial charge in [-0.25, -0.2) is 4.98 Å². The Labute approximate surface area is 103 Å². The van der Waals surface area contributed by atoms with Crippen molar-refractivity contribution in [3.63, 3.8) is 0 Å². The molecule has 0 aliphatic carbocycles. The summed E-state index contributed by atoms with van der Waals surface area (Å²) >= 11 is 7.61. The summed E-state index contributed by atoms with van der Waals surface area (Å²) in [7, 11) is 0. The lowest BCUT2D eigenvalue weighted by molar-refractivity contribution is 1.20. The summed E-state index contributed by atoms with van der Waals surface area (Å²) in [5, 5.41) is 11.3. The van der Waals surface area contributed by atoms with Gasteiger partial charge in [-0.05, 0) is 36.4 Å². The van der Waals surface area contributed by atoms with Gasteiger partial charge in [0.2, 0.25) is 0 Å². The molecule has 0 spiro atoms. The summed E-state index contributed by atoms with van der Waals surface area (Å²) in [6.07, 6.45) is 0. The monoisotopic (exact) mass is 248 g/mol. The van der Waals surface area contributed by atoms with Gasteiger partial charge in [0.1, 0.15) is 11.2 Å². The third-order valence-corrected chi connectivity index (χ3v) is 3.73. The normalized spacial score (nSPS) is 10.1. The van der Waals surface area contributed by atoms with Crippen molar-refractivity contribution in [1.29, 1.82) is 5.26 Å². The van der Waals surface area contributed by atoms with Gasteiger partial charge >= 0.3 is 0 Å². The van der Waals surface area contributed by atoms with E-state index >= 15 is 0 Å². The third kappa shape index (κ3) is 1.71. The van der Waals surface area contributed by atoms with Crippen molar-refractivity contribution in [2.24, 2.45) is 0 Å². The molecule has 16 heavy (non-hydrogen) atoms. The largest absolute Gasteiger partial charge is 0.234 e. The summed E-state index contributed by atoms with van der Waals surface area (Å²) in [6.45, 7) is 3.87. The maximum absolute atomic E-state index is 8.97. The minimum absolute atomic E-state index is 0.286. The van der Waals surface area contributed by atoms with Crippen molar-refractivity contribution in [2.75, 3.05) is 0 Å². The lowest BCUT2D eigenvalue weighted by Crippen LogP contribution is -1.96. The number of rotatable bonds is 1. The van der Waals surface area contributed by atoms with Crippen LogP contribution in [0.15, 0.2) is 17.5 Å². The molecule has 0 saturated heterocycles. The Morgan fingerprint density at radius 1 is 1.38 bits per heavy atom. The van der Waals surface area contributed by atoms with Crippen LogP contribution in [0.5, 0.6) is 0 Å². The molecule has 0 amide bonds. The number of halogens is 1. The summed E-state index contributed by atoms with van der Waals surface area (Å²) in [6, 6.07) is 6.06. The van der Waals surface area contributed by atoms with E-state index in [-0.39, 0.29) is 5.15 Å². The predicted octanol–water partition coefficient (Wildman–Crippen LogP) is 3.95. The molecule has 2 rings (SSSR count). The van der Waals surface area contributed by atoms with Gasteiger partial charge in [0.25, 0.3) is 0 Å². The van der Waals surface area contributed by atoms with Crippen molar-refractivity contribution in [3.05, 3.63) is 39.4 Å². The first-order chi connectivity index (χ1) is 7.65. The first-order valence-electron chi connectivity index (χ1n) is 4.75. The second-order valence-corrected chi connectivity index (χ2v) is 4.77. The minimum atomic E-state index is 0.286. The molecule has 0 fully saturated rings. The summed E-state index contributed by atoms with van der Waals surface area (Å²) in [5.74, 6) is 0. The van der Waals surface area contributed by atoms with Crippen LogP contribution in [-0.4, -0.2) is 4.98 Å². The van der Waals surface area contributed by atoms with Gasteiger partial charge in [0, 0.05) is 0 Å². The summed E-state index contributed by atoms with van der Waals surface area (Å²) in [5.41, 5.74) is 3.27. The van der Waals surface area contributed by atoms with E-state index in [0.717, 1.165) is 21.7 Å². The Morgan fingerprint density at radius 2 is 2.12 bits per heavy atom. The van der Waals surface area contributed by atoms with Crippen LogP contribution in [0.3, 0.4) is 0 Å². The molecule has 0 N–H and O–H groups in total. The van der Waals surface area contributed by atoms with Crippen molar-refractivity contribution in [1.82, 2.24) is 4.98 Å². The maximum Gasteiger partial charge on any atom is 0.147 e. The molecule has 0 aliphatic rings. The lowest BCUT2D eigenvalue weighted by atomic mass is 10.0. The molecule has 2 nitrogen and oxygen atoms in total. The Kier molecular flexibility index (Phi) is 2.95. The zero-order valence-electron chi connectivity index (χ0n) is 8.91. The van der Waals surface area contributed by atoms with Gasteiger partial charge in [0.15, 0.2) is 0 Å². The first kappa shape index (κ1) is 11.1. The highest BCUT2D eigenvalue weighted by Crippen LogP contribution is 2.31. The highest BCUT2D eigenvalue weighted by molar-refractivity contribution is 7.13. The fourth-order valence-corrected chi connectivity index (χ4v) is 2.58. The fourth-order valence-electron chi connectivity index (χ4n) is 1.54. The average molecular weight is 249 g/mol. The van der Waals surface area contributed by atoms with E-state index in [1.165, 1.54) is 0 Å². The number of aromatic nitrogens is 1. The topological polar surface area (TPSA) is 36.7 Å². The molecule has 80 valence electrons. The van der Waals surface area contributed by atoms with Gasteiger partial charge in [0.05, 0.1) is 16.1 Å². The molecule has 4 heteroatoms. The van der Waals surface area contributed by atoms with Gasteiger partial charge in [-0.3, -0.25) is 0 Å². The zero-order valence-corrected chi connectivity index (χ0v) is 10.5. The number of hydrogen-bond donors (Lipinski definition) is 0. The maximum atomic E-state index is 8.97. The van der Waals surface area contributed by atoms with Crippen molar-refractivity contribution < 1.29 is 0 Å². The lowest BCUT2D eigenvalue weighted by Gasteiger charge is -2.09. The van der Waals surface area contributed by atoms with Crippen LogP contribution in [0.2, 0.25) is 5.15 Å². The van der Waals surface area contributed by atoms with Crippen LogP contribution in [0.1, 0.15) is 16.7 Å². The number of hydrogen-bond acceptors (Lipinski definition) is 3. The first-order valence-corrected chi connectivity index (χ1v) is 6.01. The Bertz CT molecular complexity index is 568. The van der Waals surface area contributed by atoms with E-state index < -0.39 is 0 Å². The van der Waals surface area contributed by atoms with E-state index in [4.69, 9.17) is 16.9 Å². The second kappa shape index (κ2) is 4.25. The predicted molar refractivity (Wildman–Crippen MR) is 66.7 cm³/mol. The number of nitrogens with zero attached hydrogens (tertiary/aromatic N) is 2. The zero-order chi connectivity index (χ0) is 11.7. The third-order valence-electron chi connectivity index (χ3n) is 2.58. The SMILES string of the molecule is Cc1c(-c2cccs2)nc(Cl)c(C#N)c1C. The molecule has 0 unspecified atom stereocenters. The Balaban J connectivity index is 2.72. The smallest absolute Gasteiger partial charge is 0.147 e. The van der Waals surface area contributed by atoms with Crippen LogP contribution in [-0.2, 0) is 0 Å². The van der Waals surface area contributed by atoms with Crippen molar-refractivity contribution in [2.45, 2.75) is 13.8 Å². The average Bonchev–Trinajstić information content (AvgIpc) is 2.77. The van der Waals surface area contributed by atoms with E-state index in [2.05, 4.69) is 11.1 Å². The molecule has 2 aromatic rings. The molecule has 0 aromatic carbocycles. The van der Waals surface area contributed by atoms with E-state index in [1.54, 1.807) is 11.3 Å². The number of pyridine rings is 1. The highest BCUT2D eigenvalue weighted by atomic mass is 35.5. The Morgan fingerprint density at radius 3 is 2.69 bits per heavy atom.